The normalized spacial score (nSPS) is 16.0. The van der Waals surface area contributed by atoms with Gasteiger partial charge in [0.15, 0.2) is 0 Å². The fourth-order valence-electron chi connectivity index (χ4n) is 2.29. The second-order valence-corrected chi connectivity index (χ2v) is 4.97. The van der Waals surface area contributed by atoms with Crippen LogP contribution in [0.4, 0.5) is 4.39 Å². The average molecular weight is 277 g/mol. The van der Waals surface area contributed by atoms with Gasteiger partial charge in [-0.05, 0) is 31.2 Å². The zero-order valence-electron chi connectivity index (χ0n) is 11.7. The monoisotopic (exact) mass is 277 g/mol. The molecule has 1 aromatic carbocycles. The number of carbonyl (C=O) groups excluding carboxylic acids is 1. The number of hydrogen-bond acceptors (Lipinski definition) is 3. The molecule has 0 aromatic heterocycles. The maximum Gasteiger partial charge on any atom is 0.271 e. The minimum absolute atomic E-state index is 0.290. The maximum absolute atomic E-state index is 13.0. The van der Waals surface area contributed by atoms with Gasteiger partial charge < -0.3 is 4.90 Å². The van der Waals surface area contributed by atoms with E-state index in [1.54, 1.807) is 6.07 Å². The Balaban J connectivity index is 1.86. The van der Waals surface area contributed by atoms with Crippen molar-refractivity contribution in [1.29, 1.82) is 0 Å². The van der Waals surface area contributed by atoms with E-state index in [0.29, 0.717) is 0 Å². The zero-order chi connectivity index (χ0) is 14.4. The Morgan fingerprint density at radius 1 is 1.40 bits per heavy atom. The lowest BCUT2D eigenvalue weighted by Crippen LogP contribution is -2.35. The van der Waals surface area contributed by atoms with E-state index in [2.05, 4.69) is 22.4 Å². The Kier molecular flexibility index (Phi) is 5.24. The summed E-state index contributed by atoms with van der Waals surface area (Å²) in [4.78, 5) is 14.2. The summed E-state index contributed by atoms with van der Waals surface area (Å²) in [5.41, 5.74) is 3.80. The van der Waals surface area contributed by atoms with E-state index >= 15 is 0 Å². The third-order valence-electron chi connectivity index (χ3n) is 3.38. The highest BCUT2D eigenvalue weighted by Gasteiger charge is 2.14. The van der Waals surface area contributed by atoms with Crippen LogP contribution in [0.3, 0.4) is 0 Å². The molecule has 1 saturated heterocycles. The number of nitrogens with one attached hydrogen (secondary N) is 1. The summed E-state index contributed by atoms with van der Waals surface area (Å²) in [7, 11) is 0. The summed E-state index contributed by atoms with van der Waals surface area (Å²) in [6.07, 6.45) is 2.91. The minimum Gasteiger partial charge on any atom is -0.303 e. The second kappa shape index (κ2) is 7.14. The van der Waals surface area contributed by atoms with Crippen molar-refractivity contribution in [3.8, 4) is 0 Å². The standard InChI is InChI=1S/C15H20FN3O/c1-2-8-19-9-6-14(7-10-19)17-18-15(20)12-4-3-5-13(16)11-12/h3-5,11H,2,6-10H2,1H3,(H,18,20). The Labute approximate surface area is 118 Å². The molecule has 1 amide bonds. The van der Waals surface area contributed by atoms with Crippen LogP contribution in [-0.4, -0.2) is 36.2 Å². The second-order valence-electron chi connectivity index (χ2n) is 4.97. The number of carbonyl (C=O) groups is 1. The molecule has 108 valence electrons. The van der Waals surface area contributed by atoms with Gasteiger partial charge in [0.2, 0.25) is 0 Å². The van der Waals surface area contributed by atoms with Gasteiger partial charge in [0.05, 0.1) is 0 Å². The molecule has 1 aliphatic heterocycles. The molecule has 1 heterocycles. The van der Waals surface area contributed by atoms with E-state index in [1.165, 1.54) is 18.2 Å². The number of likely N-dealkylation sites (tertiary alicyclic amines) is 1. The molecular formula is C15H20FN3O. The van der Waals surface area contributed by atoms with Gasteiger partial charge in [-0.3, -0.25) is 4.79 Å². The molecule has 1 aliphatic rings. The summed E-state index contributed by atoms with van der Waals surface area (Å²) < 4.78 is 13.0. The van der Waals surface area contributed by atoms with Gasteiger partial charge in [-0.25, -0.2) is 9.82 Å². The van der Waals surface area contributed by atoms with Crippen molar-refractivity contribution in [2.75, 3.05) is 19.6 Å². The Hall–Kier alpha value is -1.75. The van der Waals surface area contributed by atoms with E-state index in [-0.39, 0.29) is 11.5 Å². The van der Waals surface area contributed by atoms with Crippen molar-refractivity contribution in [2.24, 2.45) is 5.10 Å². The number of piperidine rings is 1. The highest BCUT2D eigenvalue weighted by Crippen LogP contribution is 2.08. The lowest BCUT2D eigenvalue weighted by Gasteiger charge is -2.26. The minimum atomic E-state index is -0.418. The SMILES string of the molecule is CCCN1CCC(=NNC(=O)c2cccc(F)c2)CC1. The quantitative estimate of drug-likeness (QED) is 0.859. The predicted molar refractivity (Wildman–Crippen MR) is 77.3 cm³/mol. The fourth-order valence-corrected chi connectivity index (χ4v) is 2.29. The number of amides is 1. The Morgan fingerprint density at radius 3 is 2.80 bits per heavy atom. The fraction of sp³-hybridized carbons (Fsp3) is 0.467. The Bertz CT molecular complexity index is 492. The molecular weight excluding hydrogens is 257 g/mol. The van der Waals surface area contributed by atoms with Crippen LogP contribution >= 0.6 is 0 Å². The number of benzene rings is 1. The summed E-state index contributed by atoms with van der Waals surface area (Å²) in [5, 5.41) is 4.15. The number of nitrogens with zero attached hydrogens (tertiary/aromatic N) is 2. The topological polar surface area (TPSA) is 44.7 Å². The molecule has 0 saturated carbocycles. The van der Waals surface area contributed by atoms with E-state index < -0.39 is 5.82 Å². The van der Waals surface area contributed by atoms with Gasteiger partial charge in [-0.1, -0.05) is 13.0 Å². The van der Waals surface area contributed by atoms with Crippen molar-refractivity contribution in [2.45, 2.75) is 26.2 Å². The molecule has 1 fully saturated rings. The number of rotatable bonds is 4. The molecule has 4 nitrogen and oxygen atoms in total. The first-order chi connectivity index (χ1) is 9.69. The van der Waals surface area contributed by atoms with Crippen LogP contribution in [0, 0.1) is 5.82 Å². The molecule has 1 aromatic rings. The first-order valence-corrected chi connectivity index (χ1v) is 7.02. The molecule has 0 unspecified atom stereocenters. The van der Waals surface area contributed by atoms with Crippen molar-refractivity contribution in [1.82, 2.24) is 10.3 Å². The molecule has 1 N–H and O–H groups in total. The van der Waals surface area contributed by atoms with Gasteiger partial charge in [0, 0.05) is 37.2 Å². The molecule has 20 heavy (non-hydrogen) atoms. The lowest BCUT2D eigenvalue weighted by molar-refractivity contribution is 0.0954. The number of hydrogen-bond donors (Lipinski definition) is 1. The molecule has 2 rings (SSSR count). The third-order valence-corrected chi connectivity index (χ3v) is 3.38. The van der Waals surface area contributed by atoms with E-state index in [9.17, 15) is 9.18 Å². The van der Waals surface area contributed by atoms with Gasteiger partial charge in [-0.2, -0.15) is 5.10 Å². The lowest BCUT2D eigenvalue weighted by atomic mass is 10.1. The van der Waals surface area contributed by atoms with E-state index in [4.69, 9.17) is 0 Å². The van der Waals surface area contributed by atoms with Crippen LogP contribution < -0.4 is 5.43 Å². The van der Waals surface area contributed by atoms with Gasteiger partial charge in [-0.15, -0.1) is 0 Å². The first-order valence-electron chi connectivity index (χ1n) is 7.02. The van der Waals surface area contributed by atoms with Crippen LogP contribution in [-0.2, 0) is 0 Å². The molecule has 0 atom stereocenters. The van der Waals surface area contributed by atoms with E-state index in [1.807, 2.05) is 0 Å². The van der Waals surface area contributed by atoms with Crippen LogP contribution in [0.2, 0.25) is 0 Å². The van der Waals surface area contributed by atoms with E-state index in [0.717, 1.165) is 44.6 Å². The summed E-state index contributed by atoms with van der Waals surface area (Å²) in [6.45, 7) is 5.26. The van der Waals surface area contributed by atoms with Crippen LogP contribution in [0.5, 0.6) is 0 Å². The highest BCUT2D eigenvalue weighted by atomic mass is 19.1. The van der Waals surface area contributed by atoms with Gasteiger partial charge in [0.25, 0.3) is 5.91 Å². The predicted octanol–water partition coefficient (Wildman–Crippen LogP) is 2.42. The van der Waals surface area contributed by atoms with Crippen LogP contribution in [0.25, 0.3) is 0 Å². The highest BCUT2D eigenvalue weighted by molar-refractivity contribution is 5.95. The molecule has 0 radical (unpaired) electrons. The maximum atomic E-state index is 13.0. The zero-order valence-corrected chi connectivity index (χ0v) is 11.7. The summed E-state index contributed by atoms with van der Waals surface area (Å²) in [6, 6.07) is 5.61. The molecule has 0 bridgehead atoms. The summed E-state index contributed by atoms with van der Waals surface area (Å²) >= 11 is 0. The molecule has 5 heteroatoms. The van der Waals surface area contributed by atoms with Crippen LogP contribution in [0.1, 0.15) is 36.5 Å². The van der Waals surface area contributed by atoms with Crippen molar-refractivity contribution in [3.05, 3.63) is 35.6 Å². The first kappa shape index (κ1) is 14.7. The summed E-state index contributed by atoms with van der Waals surface area (Å²) in [5.74, 6) is -0.786. The van der Waals surface area contributed by atoms with Gasteiger partial charge in [0.1, 0.15) is 5.82 Å². The van der Waals surface area contributed by atoms with Gasteiger partial charge >= 0.3 is 0 Å². The number of halogens is 1. The average Bonchev–Trinajstić information content (AvgIpc) is 2.46. The number of hydrazone groups is 1. The molecule has 0 spiro atoms. The Morgan fingerprint density at radius 2 is 2.15 bits per heavy atom. The smallest absolute Gasteiger partial charge is 0.271 e. The largest absolute Gasteiger partial charge is 0.303 e. The van der Waals surface area contributed by atoms with Crippen LogP contribution in [0.15, 0.2) is 29.4 Å². The van der Waals surface area contributed by atoms with Crippen molar-refractivity contribution >= 4 is 11.6 Å². The van der Waals surface area contributed by atoms with Crippen molar-refractivity contribution < 1.29 is 9.18 Å². The molecule has 0 aliphatic carbocycles. The van der Waals surface area contributed by atoms with Crippen molar-refractivity contribution in [3.63, 3.8) is 0 Å². The third kappa shape index (κ3) is 4.13.